The number of hydrogen-bond acceptors (Lipinski definition) is 4. The second kappa shape index (κ2) is 2.82. The van der Waals surface area contributed by atoms with E-state index in [1.165, 1.54) is 12.4 Å². The molecule has 1 heterocycles. The number of anilines is 1. The Morgan fingerprint density at radius 2 is 2.50 bits per heavy atom. The van der Waals surface area contributed by atoms with Gasteiger partial charge in [-0.15, -0.1) is 0 Å². The van der Waals surface area contributed by atoms with Crippen LogP contribution in [0, 0.1) is 0 Å². The van der Waals surface area contributed by atoms with Crippen LogP contribution in [-0.2, 0) is 4.79 Å². The monoisotopic (exact) mass is 138 g/mol. The standard InChI is InChI=1S/C6H6N2O2/c7-5-1-2-8-3-6(5)10-4-9/h1-4H,(H2,7,8). The highest BCUT2D eigenvalue weighted by Crippen LogP contribution is 2.16. The average Bonchev–Trinajstić information content (AvgIpc) is 1.94. The van der Waals surface area contributed by atoms with E-state index < -0.39 is 0 Å². The van der Waals surface area contributed by atoms with Gasteiger partial charge < -0.3 is 10.5 Å². The summed E-state index contributed by atoms with van der Waals surface area (Å²) in [5.74, 6) is 0.289. The zero-order chi connectivity index (χ0) is 7.40. The van der Waals surface area contributed by atoms with Gasteiger partial charge in [-0.3, -0.25) is 9.78 Å². The topological polar surface area (TPSA) is 65.2 Å². The molecule has 0 amide bonds. The highest BCUT2D eigenvalue weighted by Gasteiger charge is 1.95. The number of carbonyl (C=O) groups is 1. The third kappa shape index (κ3) is 1.22. The molecule has 52 valence electrons. The van der Waals surface area contributed by atoms with Gasteiger partial charge in [0.2, 0.25) is 0 Å². The maximum atomic E-state index is 9.82. The number of aromatic nitrogens is 1. The van der Waals surface area contributed by atoms with Crippen molar-refractivity contribution in [3.05, 3.63) is 18.5 Å². The van der Waals surface area contributed by atoms with Crippen molar-refractivity contribution in [2.24, 2.45) is 0 Å². The van der Waals surface area contributed by atoms with E-state index in [1.807, 2.05) is 0 Å². The molecule has 1 aromatic rings. The zero-order valence-corrected chi connectivity index (χ0v) is 5.15. The van der Waals surface area contributed by atoms with Crippen molar-refractivity contribution >= 4 is 12.2 Å². The molecule has 1 rings (SSSR count). The largest absolute Gasteiger partial charge is 0.425 e. The fraction of sp³-hybridized carbons (Fsp3) is 0. The normalized spacial score (nSPS) is 8.80. The molecule has 4 heteroatoms. The lowest BCUT2D eigenvalue weighted by molar-refractivity contribution is -0.120. The molecule has 4 nitrogen and oxygen atoms in total. The molecule has 2 N–H and O–H groups in total. The predicted octanol–water partition coefficient (Wildman–Crippen LogP) is 0.199. The van der Waals surface area contributed by atoms with Gasteiger partial charge in [-0.1, -0.05) is 0 Å². The fourth-order valence-corrected chi connectivity index (χ4v) is 0.541. The number of nitrogens with two attached hydrogens (primary N) is 1. The second-order valence-corrected chi connectivity index (χ2v) is 1.63. The summed E-state index contributed by atoms with van der Waals surface area (Å²) in [6, 6.07) is 1.55. The van der Waals surface area contributed by atoms with E-state index in [1.54, 1.807) is 6.07 Å². The van der Waals surface area contributed by atoms with Gasteiger partial charge in [0.1, 0.15) is 0 Å². The number of ether oxygens (including phenoxy) is 1. The zero-order valence-electron chi connectivity index (χ0n) is 5.15. The van der Waals surface area contributed by atoms with Crippen molar-refractivity contribution in [3.63, 3.8) is 0 Å². The van der Waals surface area contributed by atoms with E-state index in [2.05, 4.69) is 9.72 Å². The molecule has 0 aromatic carbocycles. The van der Waals surface area contributed by atoms with Crippen molar-refractivity contribution in [1.82, 2.24) is 4.98 Å². The molecule has 0 bridgehead atoms. The van der Waals surface area contributed by atoms with Gasteiger partial charge in [0.15, 0.2) is 5.75 Å². The molecule has 0 saturated heterocycles. The van der Waals surface area contributed by atoms with Crippen molar-refractivity contribution in [3.8, 4) is 5.75 Å². The van der Waals surface area contributed by atoms with Gasteiger partial charge in [-0.05, 0) is 6.07 Å². The lowest BCUT2D eigenvalue weighted by atomic mass is 10.4. The van der Waals surface area contributed by atoms with E-state index in [0.29, 0.717) is 12.2 Å². The van der Waals surface area contributed by atoms with Crippen LogP contribution in [0.4, 0.5) is 5.69 Å². The SMILES string of the molecule is Nc1ccncc1OC=O. The number of nitrogens with zero attached hydrogens (tertiary/aromatic N) is 1. The first-order valence-corrected chi connectivity index (χ1v) is 2.64. The summed E-state index contributed by atoms with van der Waals surface area (Å²) in [5, 5.41) is 0. The number of nitrogen functional groups attached to an aromatic ring is 1. The summed E-state index contributed by atoms with van der Waals surface area (Å²) in [4.78, 5) is 13.5. The Bertz CT molecular complexity index is 237. The molecule has 1 aromatic heterocycles. The third-order valence-corrected chi connectivity index (χ3v) is 0.992. The number of pyridine rings is 1. The summed E-state index contributed by atoms with van der Waals surface area (Å²) >= 11 is 0. The van der Waals surface area contributed by atoms with Crippen LogP contribution in [0.3, 0.4) is 0 Å². The van der Waals surface area contributed by atoms with Crippen molar-refractivity contribution < 1.29 is 9.53 Å². The fourth-order valence-electron chi connectivity index (χ4n) is 0.541. The van der Waals surface area contributed by atoms with Gasteiger partial charge in [0.05, 0.1) is 11.9 Å². The van der Waals surface area contributed by atoms with Crippen LogP contribution >= 0.6 is 0 Å². The van der Waals surface area contributed by atoms with Crippen LogP contribution < -0.4 is 10.5 Å². The smallest absolute Gasteiger partial charge is 0.298 e. The Labute approximate surface area is 57.6 Å². The molecule has 0 spiro atoms. The van der Waals surface area contributed by atoms with Crippen LogP contribution in [0.5, 0.6) is 5.75 Å². The van der Waals surface area contributed by atoms with Crippen molar-refractivity contribution in [2.45, 2.75) is 0 Å². The molecule has 0 aliphatic rings. The average molecular weight is 138 g/mol. The van der Waals surface area contributed by atoms with E-state index in [0.717, 1.165) is 0 Å². The van der Waals surface area contributed by atoms with Crippen LogP contribution in [-0.4, -0.2) is 11.5 Å². The van der Waals surface area contributed by atoms with Gasteiger partial charge in [-0.25, -0.2) is 0 Å². The number of carbonyl (C=O) groups excluding carboxylic acids is 1. The minimum absolute atomic E-state index is 0.289. The first-order valence-electron chi connectivity index (χ1n) is 2.64. The molecule has 0 radical (unpaired) electrons. The predicted molar refractivity (Wildman–Crippen MR) is 35.3 cm³/mol. The van der Waals surface area contributed by atoms with E-state index >= 15 is 0 Å². The molecule has 0 fully saturated rings. The molecule has 0 aliphatic carbocycles. The first-order chi connectivity index (χ1) is 4.84. The quantitative estimate of drug-likeness (QED) is 0.593. The Morgan fingerprint density at radius 1 is 1.70 bits per heavy atom. The number of rotatable bonds is 2. The Hall–Kier alpha value is -1.58. The lowest BCUT2D eigenvalue weighted by Gasteiger charge is -1.98. The molecule has 0 unspecified atom stereocenters. The summed E-state index contributed by atoms with van der Waals surface area (Å²) in [7, 11) is 0. The third-order valence-electron chi connectivity index (χ3n) is 0.992. The summed E-state index contributed by atoms with van der Waals surface area (Å²) < 4.78 is 4.47. The van der Waals surface area contributed by atoms with Gasteiger partial charge in [-0.2, -0.15) is 0 Å². The Morgan fingerprint density at radius 3 is 3.10 bits per heavy atom. The second-order valence-electron chi connectivity index (χ2n) is 1.63. The van der Waals surface area contributed by atoms with E-state index in [4.69, 9.17) is 5.73 Å². The Balaban J connectivity index is 2.91. The highest BCUT2D eigenvalue weighted by molar-refractivity contribution is 5.56. The highest BCUT2D eigenvalue weighted by atomic mass is 16.5. The number of hydrogen-bond donors (Lipinski definition) is 1. The van der Waals surface area contributed by atoms with Crippen LogP contribution in [0.25, 0.3) is 0 Å². The maximum Gasteiger partial charge on any atom is 0.298 e. The molecule has 0 saturated carbocycles. The molecular weight excluding hydrogens is 132 g/mol. The van der Waals surface area contributed by atoms with Crippen LogP contribution in [0.2, 0.25) is 0 Å². The van der Waals surface area contributed by atoms with Gasteiger partial charge >= 0.3 is 0 Å². The Kier molecular flexibility index (Phi) is 1.84. The lowest BCUT2D eigenvalue weighted by Crippen LogP contribution is -1.94. The van der Waals surface area contributed by atoms with Crippen molar-refractivity contribution in [2.75, 3.05) is 5.73 Å². The van der Waals surface area contributed by atoms with Crippen LogP contribution in [0.15, 0.2) is 18.5 Å². The molecule has 0 aliphatic heterocycles. The minimum atomic E-state index is 0.289. The molecular formula is C6H6N2O2. The first kappa shape index (κ1) is 6.54. The maximum absolute atomic E-state index is 9.82. The van der Waals surface area contributed by atoms with Crippen LogP contribution in [0.1, 0.15) is 0 Å². The molecule has 0 atom stereocenters. The van der Waals surface area contributed by atoms with Gasteiger partial charge in [0.25, 0.3) is 6.47 Å². The molecule has 10 heavy (non-hydrogen) atoms. The minimum Gasteiger partial charge on any atom is -0.425 e. The van der Waals surface area contributed by atoms with Gasteiger partial charge in [0, 0.05) is 6.20 Å². The summed E-state index contributed by atoms with van der Waals surface area (Å²) in [5.41, 5.74) is 5.79. The van der Waals surface area contributed by atoms with E-state index in [9.17, 15) is 4.79 Å². The van der Waals surface area contributed by atoms with Crippen molar-refractivity contribution in [1.29, 1.82) is 0 Å². The summed E-state index contributed by atoms with van der Waals surface area (Å²) in [6.45, 7) is 0.313. The van der Waals surface area contributed by atoms with E-state index in [-0.39, 0.29) is 5.75 Å². The summed E-state index contributed by atoms with van der Waals surface area (Å²) in [6.07, 6.45) is 2.90.